The summed E-state index contributed by atoms with van der Waals surface area (Å²) in [5.74, 6) is -1.21. The van der Waals surface area contributed by atoms with Crippen molar-refractivity contribution < 1.29 is 14.0 Å². The van der Waals surface area contributed by atoms with Gasteiger partial charge in [-0.25, -0.2) is 4.39 Å². The van der Waals surface area contributed by atoms with Crippen LogP contribution in [-0.4, -0.2) is 24.4 Å². The summed E-state index contributed by atoms with van der Waals surface area (Å²) in [4.78, 5) is 25.9. The molecule has 0 spiro atoms. The summed E-state index contributed by atoms with van der Waals surface area (Å²) < 4.78 is 13.9. The van der Waals surface area contributed by atoms with Crippen LogP contribution in [0.3, 0.4) is 0 Å². The van der Waals surface area contributed by atoms with E-state index >= 15 is 0 Å². The fraction of sp³-hybridized carbons (Fsp3) is 0.150. The lowest BCUT2D eigenvalue weighted by molar-refractivity contribution is -0.123. The topological polar surface area (TPSA) is 73.2 Å². The van der Waals surface area contributed by atoms with E-state index in [0.29, 0.717) is 24.1 Å². The maximum absolute atomic E-state index is 13.9. The molecule has 0 radical (unpaired) electrons. The Labute approximate surface area is 150 Å². The molecule has 0 unspecified atom stereocenters. The van der Waals surface area contributed by atoms with Crippen LogP contribution in [0.15, 0.2) is 54.6 Å². The normalized spacial score (nSPS) is 16.7. The fourth-order valence-corrected chi connectivity index (χ4v) is 2.83. The molecule has 2 aromatic carbocycles. The van der Waals surface area contributed by atoms with E-state index in [0.717, 1.165) is 0 Å². The average Bonchev–Trinajstić information content (AvgIpc) is 3.01. The van der Waals surface area contributed by atoms with Crippen molar-refractivity contribution in [2.24, 2.45) is 0 Å². The molecule has 0 aliphatic carbocycles. The van der Waals surface area contributed by atoms with Crippen LogP contribution < -0.4 is 10.2 Å². The predicted octanol–water partition coefficient (Wildman–Crippen LogP) is 2.63. The lowest BCUT2D eigenvalue weighted by Crippen LogP contribution is -2.41. The molecule has 1 aliphatic heterocycles. The van der Waals surface area contributed by atoms with Crippen molar-refractivity contribution in [1.29, 1.82) is 5.26 Å². The zero-order valence-electron chi connectivity index (χ0n) is 13.9. The van der Waals surface area contributed by atoms with Gasteiger partial charge in [-0.15, -0.1) is 0 Å². The van der Waals surface area contributed by atoms with Crippen molar-refractivity contribution in [3.63, 3.8) is 0 Å². The molecule has 1 N–H and O–H groups in total. The van der Waals surface area contributed by atoms with Gasteiger partial charge in [0.15, 0.2) is 0 Å². The maximum Gasteiger partial charge on any atom is 0.249 e. The van der Waals surface area contributed by atoms with Crippen LogP contribution >= 0.6 is 0 Å². The first kappa shape index (κ1) is 17.4. The van der Waals surface area contributed by atoms with Crippen molar-refractivity contribution >= 4 is 23.6 Å². The predicted molar refractivity (Wildman–Crippen MR) is 95.5 cm³/mol. The number of benzene rings is 2. The van der Waals surface area contributed by atoms with Gasteiger partial charge in [-0.1, -0.05) is 24.3 Å². The summed E-state index contributed by atoms with van der Waals surface area (Å²) in [7, 11) is 0. The first-order chi connectivity index (χ1) is 12.6. The van der Waals surface area contributed by atoms with Gasteiger partial charge in [0.05, 0.1) is 17.3 Å². The molecule has 5 nitrogen and oxygen atoms in total. The molecular weight excluding hydrogens is 333 g/mol. The summed E-state index contributed by atoms with van der Waals surface area (Å²) >= 11 is 0. The molecule has 0 aromatic heterocycles. The molecule has 3 rings (SSSR count). The molecular formula is C20H16FN3O2. The van der Waals surface area contributed by atoms with Crippen molar-refractivity contribution in [1.82, 2.24) is 5.32 Å². The Morgan fingerprint density at radius 2 is 2.08 bits per heavy atom. The van der Waals surface area contributed by atoms with E-state index in [1.165, 1.54) is 17.0 Å². The third kappa shape index (κ3) is 3.78. The molecule has 1 aliphatic rings. The van der Waals surface area contributed by atoms with Crippen LogP contribution in [0.1, 0.15) is 17.5 Å². The van der Waals surface area contributed by atoms with Gasteiger partial charge >= 0.3 is 0 Å². The highest BCUT2D eigenvalue weighted by Crippen LogP contribution is 2.24. The number of anilines is 1. The summed E-state index contributed by atoms with van der Waals surface area (Å²) in [5.41, 5.74) is 1.43. The van der Waals surface area contributed by atoms with Gasteiger partial charge in [0.25, 0.3) is 0 Å². The molecule has 2 aromatic rings. The van der Waals surface area contributed by atoms with Crippen molar-refractivity contribution in [3.8, 4) is 6.07 Å². The van der Waals surface area contributed by atoms with Crippen molar-refractivity contribution in [2.45, 2.75) is 12.5 Å². The standard InChI is InChI=1S/C20H16FN3O2/c21-16-6-1-2-7-18(16)24-11-10-17(20(24)26)23-19(25)9-8-14-4-3-5-15(12-14)13-22/h1-9,12,17H,10-11H2,(H,23,25)/b9-8-/t17-/m0/s1. The van der Waals surface area contributed by atoms with Crippen LogP contribution in [0.25, 0.3) is 6.08 Å². The van der Waals surface area contributed by atoms with E-state index in [4.69, 9.17) is 5.26 Å². The third-order valence-electron chi connectivity index (χ3n) is 4.11. The van der Waals surface area contributed by atoms with E-state index in [-0.39, 0.29) is 11.6 Å². The molecule has 1 fully saturated rings. The Hall–Kier alpha value is -3.46. The Balaban J connectivity index is 1.63. The highest BCUT2D eigenvalue weighted by atomic mass is 19.1. The second-order valence-corrected chi connectivity index (χ2v) is 5.86. The molecule has 1 atom stereocenters. The highest BCUT2D eigenvalue weighted by Gasteiger charge is 2.34. The quantitative estimate of drug-likeness (QED) is 0.863. The van der Waals surface area contributed by atoms with Gasteiger partial charge in [0.2, 0.25) is 11.8 Å². The van der Waals surface area contributed by atoms with Crippen molar-refractivity contribution in [3.05, 3.63) is 71.6 Å². The van der Waals surface area contributed by atoms with Crippen molar-refractivity contribution in [2.75, 3.05) is 11.4 Å². The number of carbonyl (C=O) groups excluding carboxylic acids is 2. The van der Waals surface area contributed by atoms with Crippen LogP contribution in [0.4, 0.5) is 10.1 Å². The van der Waals surface area contributed by atoms with E-state index in [2.05, 4.69) is 5.32 Å². The summed E-state index contributed by atoms with van der Waals surface area (Å²) in [5, 5.41) is 11.5. The minimum Gasteiger partial charge on any atom is -0.341 e. The molecule has 6 heteroatoms. The van der Waals surface area contributed by atoms with Crippen LogP contribution in [0.5, 0.6) is 0 Å². The average molecular weight is 349 g/mol. The number of hydrogen-bond donors (Lipinski definition) is 1. The first-order valence-electron chi connectivity index (χ1n) is 8.13. The van der Waals surface area contributed by atoms with Crippen LogP contribution in [0.2, 0.25) is 0 Å². The molecule has 1 saturated heterocycles. The van der Waals surface area contributed by atoms with E-state index < -0.39 is 17.8 Å². The summed E-state index contributed by atoms with van der Waals surface area (Å²) in [6, 6.07) is 14.2. The fourth-order valence-electron chi connectivity index (χ4n) is 2.83. The van der Waals surface area contributed by atoms with Gasteiger partial charge < -0.3 is 10.2 Å². The lowest BCUT2D eigenvalue weighted by Gasteiger charge is -2.17. The van der Waals surface area contributed by atoms with E-state index in [1.807, 2.05) is 6.07 Å². The number of para-hydroxylation sites is 1. The number of hydrogen-bond acceptors (Lipinski definition) is 3. The first-order valence-corrected chi connectivity index (χ1v) is 8.13. The lowest BCUT2D eigenvalue weighted by atomic mass is 10.1. The van der Waals surface area contributed by atoms with E-state index in [9.17, 15) is 14.0 Å². The SMILES string of the molecule is N#Cc1cccc(/C=C\C(=O)N[C@H]2CCN(c3ccccc3F)C2=O)c1. The molecule has 1 heterocycles. The molecule has 26 heavy (non-hydrogen) atoms. The highest BCUT2D eigenvalue weighted by molar-refractivity contribution is 6.03. The number of nitrogens with zero attached hydrogens (tertiary/aromatic N) is 2. The van der Waals surface area contributed by atoms with Gasteiger partial charge in [0, 0.05) is 12.6 Å². The smallest absolute Gasteiger partial charge is 0.249 e. The number of amides is 2. The second-order valence-electron chi connectivity index (χ2n) is 5.86. The molecule has 130 valence electrons. The second kappa shape index (κ2) is 7.62. The molecule has 0 bridgehead atoms. The number of halogens is 1. The zero-order valence-corrected chi connectivity index (χ0v) is 13.9. The largest absolute Gasteiger partial charge is 0.341 e. The van der Waals surface area contributed by atoms with Gasteiger partial charge in [0.1, 0.15) is 11.9 Å². The van der Waals surface area contributed by atoms with E-state index in [1.54, 1.807) is 48.5 Å². The maximum atomic E-state index is 13.9. The van der Waals surface area contributed by atoms with Gasteiger partial charge in [-0.2, -0.15) is 5.26 Å². The van der Waals surface area contributed by atoms with Gasteiger partial charge in [-0.05, 0) is 42.3 Å². The zero-order chi connectivity index (χ0) is 18.5. The Morgan fingerprint density at radius 1 is 1.27 bits per heavy atom. The Bertz CT molecular complexity index is 917. The summed E-state index contributed by atoms with van der Waals surface area (Å²) in [6.45, 7) is 0.346. The van der Waals surface area contributed by atoms with Crippen LogP contribution in [0, 0.1) is 17.1 Å². The number of nitriles is 1. The number of nitrogens with one attached hydrogen (secondary N) is 1. The van der Waals surface area contributed by atoms with Gasteiger partial charge in [-0.3, -0.25) is 9.59 Å². The minimum absolute atomic E-state index is 0.220. The Kier molecular flexibility index (Phi) is 5.09. The Morgan fingerprint density at radius 3 is 2.85 bits per heavy atom. The monoisotopic (exact) mass is 349 g/mol. The molecule has 0 saturated carbocycles. The summed E-state index contributed by atoms with van der Waals surface area (Å²) in [6.07, 6.45) is 3.30. The van der Waals surface area contributed by atoms with Crippen LogP contribution in [-0.2, 0) is 9.59 Å². The number of rotatable bonds is 4. The molecule has 2 amide bonds. The number of carbonyl (C=O) groups is 2. The minimum atomic E-state index is -0.683. The third-order valence-corrected chi connectivity index (χ3v) is 4.11.